The lowest BCUT2D eigenvalue weighted by Gasteiger charge is -2.16. The second-order valence-corrected chi connectivity index (χ2v) is 37.2. The number of aliphatic hydroxyl groups excluding tert-OH is 1. The van der Waals surface area contributed by atoms with Gasteiger partial charge in [0, 0.05) is 125 Å². The third-order valence-electron chi connectivity index (χ3n) is 22.2. The van der Waals surface area contributed by atoms with Gasteiger partial charge in [-0.15, -0.1) is 0 Å². The first-order valence-corrected chi connectivity index (χ1v) is 48.7. The maximum atomic E-state index is 13.2. The summed E-state index contributed by atoms with van der Waals surface area (Å²) >= 11 is 20.6. The number of carbonyl (C=O) groups excluding carboxylic acids is 4. The Bertz CT molecular complexity index is 6790. The molecule has 2 aliphatic heterocycles. The maximum Gasteiger partial charge on any atom is 0.271 e. The van der Waals surface area contributed by atoms with E-state index in [1.807, 2.05) is 87.4 Å². The van der Waals surface area contributed by atoms with Gasteiger partial charge >= 0.3 is 0 Å². The number of aryl methyl sites for hydroxylation is 9. The van der Waals surface area contributed by atoms with Gasteiger partial charge in [0.05, 0.1) is 57.4 Å². The fraction of sp³-hybridized carbons (Fsp3) is 0.319. The Morgan fingerprint density at radius 1 is 0.518 bits per heavy atom. The number of hydrogen-bond acceptors (Lipinski definition) is 30. The predicted octanol–water partition coefficient (Wildman–Crippen LogP) is 16.0. The zero-order valence-corrected chi connectivity index (χ0v) is 84.9. The van der Waals surface area contributed by atoms with E-state index in [-0.39, 0.29) is 110 Å². The molecule has 4 amide bonds. The summed E-state index contributed by atoms with van der Waals surface area (Å²) in [6, 6.07) is 15.5. The van der Waals surface area contributed by atoms with Crippen molar-refractivity contribution in [3.63, 3.8) is 0 Å². The molecule has 4 aromatic carbocycles. The molecule has 21 N–H and O–H groups in total. The molecule has 2 aliphatic rings. The number of aliphatic imine (C=N–C) groups is 4. The zero-order valence-electron chi connectivity index (χ0n) is 78.5. The molecule has 139 heavy (non-hydrogen) atoms. The van der Waals surface area contributed by atoms with Gasteiger partial charge in [-0.2, -0.15) is 0 Å². The van der Waals surface area contributed by atoms with E-state index in [0.717, 1.165) is 154 Å². The van der Waals surface area contributed by atoms with Crippen LogP contribution >= 0.6 is 85.3 Å². The fourth-order valence-corrected chi connectivity index (χ4v) is 19.1. The molecule has 0 bridgehead atoms. The van der Waals surface area contributed by atoms with E-state index >= 15 is 0 Å². The molecule has 4 unspecified atom stereocenters. The van der Waals surface area contributed by atoms with Crippen molar-refractivity contribution in [1.82, 2.24) is 47.4 Å². The van der Waals surface area contributed by atoms with Crippen LogP contribution in [0.4, 0.5) is 65.8 Å². The van der Waals surface area contributed by atoms with E-state index in [0.29, 0.717) is 140 Å². The Kier molecular flexibility index (Phi) is 38.0. The highest BCUT2D eigenvalue weighted by Gasteiger charge is 2.28. The van der Waals surface area contributed by atoms with Crippen LogP contribution in [0.15, 0.2) is 148 Å². The van der Waals surface area contributed by atoms with Crippen molar-refractivity contribution in [2.45, 2.75) is 159 Å². The molecule has 0 aliphatic carbocycles. The monoisotopic (exact) mass is 2070 g/mol. The van der Waals surface area contributed by atoms with E-state index in [1.165, 1.54) is 26.0 Å². The first-order valence-electron chi connectivity index (χ1n) is 43.9. The lowest BCUT2D eigenvalue weighted by Crippen LogP contribution is -2.25. The fourth-order valence-electron chi connectivity index (χ4n) is 14.7. The third kappa shape index (κ3) is 27.6. The molecule has 0 saturated carbocycles. The maximum absolute atomic E-state index is 13.2. The number of nitrogens with two attached hydrogens (primary N) is 4. The Labute approximate surface area is 835 Å². The topological polar surface area (TPSA) is 575 Å². The van der Waals surface area contributed by atoms with E-state index in [2.05, 4.69) is 132 Å². The van der Waals surface area contributed by atoms with Gasteiger partial charge in [-0.05, 0) is 276 Å². The number of hydrogen-bond donors (Lipinski definition) is 17. The largest absolute Gasteiger partial charge is 0.394 e. The molecule has 10 heterocycles. The second-order valence-electron chi connectivity index (χ2n) is 32.3. The molecule has 2 fully saturated rings. The van der Waals surface area contributed by atoms with Gasteiger partial charge in [0.2, 0.25) is 0 Å². The number of carbonyl (C=O) groups is 4. The number of anilines is 12. The zero-order chi connectivity index (χ0) is 101. The number of ether oxygens (including phenoxy) is 3. The van der Waals surface area contributed by atoms with Crippen LogP contribution in [-0.2, 0) is 14.2 Å². The molecule has 45 heteroatoms. The smallest absolute Gasteiger partial charge is 0.271 e. The van der Waals surface area contributed by atoms with E-state index in [4.69, 9.17) is 60.3 Å². The summed E-state index contributed by atoms with van der Waals surface area (Å²) in [7, 11) is 1.52. The van der Waals surface area contributed by atoms with Crippen LogP contribution < -0.4 is 87.7 Å². The summed E-state index contributed by atoms with van der Waals surface area (Å²) in [5.74, 6) is 0.161. The minimum atomic E-state index is -0.454. The molecule has 4 atom stereocenters. The number of benzene rings is 4. The van der Waals surface area contributed by atoms with Gasteiger partial charge in [-0.25, -0.2) is 24.9 Å². The molecule has 38 nitrogen and oxygen atoms in total. The first kappa shape index (κ1) is 106. The number of nitrogens with one attached hydrogen (secondary N) is 12. The quantitative estimate of drug-likeness (QED) is 0.0134. The number of aromatic nitrogens is 10. The minimum Gasteiger partial charge on any atom is -0.394 e. The van der Waals surface area contributed by atoms with Gasteiger partial charge in [-0.1, -0.05) is 49.7 Å². The van der Waals surface area contributed by atoms with Crippen molar-refractivity contribution in [2.75, 3.05) is 82.6 Å². The Morgan fingerprint density at radius 2 is 0.971 bits per heavy atom. The minimum absolute atomic E-state index is 0.0493. The van der Waals surface area contributed by atoms with Crippen molar-refractivity contribution in [3.8, 4) is 0 Å². The highest BCUT2D eigenvalue weighted by molar-refractivity contribution is 9.10. The molecule has 732 valence electrons. The number of pyridine rings is 2. The van der Waals surface area contributed by atoms with Crippen LogP contribution in [0, 0.1) is 69.2 Å². The van der Waals surface area contributed by atoms with Crippen molar-refractivity contribution in [1.29, 1.82) is 0 Å². The van der Waals surface area contributed by atoms with Crippen molar-refractivity contribution >= 4 is 204 Å². The van der Waals surface area contributed by atoms with Gasteiger partial charge in [0.1, 0.15) is 96.1 Å². The summed E-state index contributed by atoms with van der Waals surface area (Å²) in [4.78, 5) is 143. The molecular formula is C94H109BrCl2N26O12S4. The Hall–Kier alpha value is -13.3. The van der Waals surface area contributed by atoms with Crippen LogP contribution in [-0.4, -0.2) is 164 Å². The van der Waals surface area contributed by atoms with Gasteiger partial charge in [-0.3, -0.25) is 80.8 Å². The standard InChI is InChI=1S/C27H32N6O3S.C24H27ClN6O3S.C22H26BrN7O3S.C21H24ClN7O3S/c1-5-18-14-29-13-17(4)23(18)32-25(34)21-15(2)11-19(12-16(21)3)31-27-22(26(35)33-37-27)24(28)30-9-8-20-7-6-10-36-20;1-13-10-15(5-6-17(13)22(32)30-20-14(2)11-27-12-18(20)25)29-24-19(23(33)31-35-24)21(26)28-8-7-16-4-3-9-34-16;1-5-13(8-31)27-18(24)17-21(33)30-34-22(17)28-14-6-10(2)16(15(23)7-14)20(32)29-19-11(3)12(4)25-9-26-19;1-5-14(32-4)27-17(23)16-20(31)29-33-21(16)26-12-6-10(2)15(13(22)7-12)19(30)28-18-11(3)8-24-9-25-18/h5,11-14,20,31H,1,6-10H2,2-4H3,(H2,28,30)(H,33,35)(H,29,32,34);5-6,10-12,16,29H,3-4,7-9H2,1-2H3,(H2,26,28)(H,31,33)(H,27,30,32);6-7,9,13,28,31H,5,8H2,1-4H3,(H2,24,27)(H,30,33)(H,25,26,29,32);6-9,14,26H,5H2,1-4H3,(H2,23,27)(H,29,31)(H,24,25,28,30). The molecule has 2 saturated heterocycles. The molecule has 12 aromatic rings. The number of rotatable bonds is 33. The number of methoxy groups -OCH3 is 1. The number of halogens is 3. The first-order chi connectivity index (χ1) is 66.5. The summed E-state index contributed by atoms with van der Waals surface area (Å²) in [5.41, 5.74) is 38.3. The third-order valence-corrected chi connectivity index (χ3v) is 26.6. The summed E-state index contributed by atoms with van der Waals surface area (Å²) in [6.45, 7) is 28.4. The molecule has 0 spiro atoms. The number of aromatic amines is 4. The number of aliphatic hydroxyl groups is 1. The van der Waals surface area contributed by atoms with E-state index in [1.54, 1.807) is 81.1 Å². The second kappa shape index (κ2) is 49.8. The van der Waals surface area contributed by atoms with Crippen LogP contribution in [0.25, 0.3) is 6.08 Å². The number of amides is 4. The molecule has 0 radical (unpaired) electrons. The highest BCUT2D eigenvalue weighted by atomic mass is 79.9. The number of H-pyrrole nitrogens is 4. The average molecular weight is 2070 g/mol. The van der Waals surface area contributed by atoms with Crippen LogP contribution in [0.2, 0.25) is 10.0 Å². The van der Waals surface area contributed by atoms with E-state index in [9.17, 15) is 43.5 Å². The Morgan fingerprint density at radius 3 is 1.45 bits per heavy atom. The number of nitrogens with zero attached hydrogens (tertiary/aromatic N) is 10. The van der Waals surface area contributed by atoms with Crippen LogP contribution in [0.5, 0.6) is 0 Å². The average Bonchev–Trinajstić information content (AvgIpc) is 1.65. The van der Waals surface area contributed by atoms with Gasteiger partial charge in [0.25, 0.3) is 45.9 Å². The summed E-state index contributed by atoms with van der Waals surface area (Å²) < 4.78 is 27.8. The SMILES string of the molecule is C=Cc1cncc(C)c1NC(=O)c1c(C)cc(Nc2s[nH]c(=O)c2C(N)=NCCC2CCCO2)cc1C.CCC(CO)N=C(N)c1c(Nc2cc(C)c(C(=O)Nc3ncnc(C)c3C)c(Br)c2)s[nH]c1=O.CCC(N=C(N)c1c(Nc2cc(C)c(C(=O)Nc3ncncc3C)c(Cl)c2)s[nH]c1=O)OC.Cc1cc(Nc2s[nH]c(=O)c2C(N)=NCCC2CCCO2)ccc1C(=O)Nc1c(C)cncc1Cl. The van der Waals surface area contributed by atoms with Crippen molar-refractivity contribution < 1.29 is 38.5 Å². The van der Waals surface area contributed by atoms with Gasteiger partial charge in [0.15, 0.2) is 0 Å². The van der Waals surface area contributed by atoms with E-state index < -0.39 is 6.23 Å². The van der Waals surface area contributed by atoms with Crippen molar-refractivity contribution in [2.24, 2.45) is 42.9 Å². The lowest BCUT2D eigenvalue weighted by atomic mass is 10.0. The van der Waals surface area contributed by atoms with Crippen LogP contribution in [0.3, 0.4) is 0 Å². The normalized spacial score (nSPS) is 14.1. The lowest BCUT2D eigenvalue weighted by molar-refractivity contribution is 0.101. The predicted molar refractivity (Wildman–Crippen MR) is 560 cm³/mol. The summed E-state index contributed by atoms with van der Waals surface area (Å²) in [6.07, 6.45) is 19.4. The highest BCUT2D eigenvalue weighted by Crippen LogP contribution is 2.36. The Balaban J connectivity index is 0.000000178. The molecule has 8 aromatic heterocycles. The number of amidine groups is 4. The molecular weight excluding hydrogens is 1960 g/mol. The van der Waals surface area contributed by atoms with Crippen molar-refractivity contribution in [3.05, 3.63) is 267 Å². The van der Waals surface area contributed by atoms with Crippen LogP contribution in [0.1, 0.15) is 190 Å². The summed E-state index contributed by atoms with van der Waals surface area (Å²) in [5, 5.41) is 36.4. The van der Waals surface area contributed by atoms with Gasteiger partial charge < -0.3 is 84.8 Å². The molecule has 14 rings (SSSR count).